The normalized spacial score (nSPS) is 10.5. The Labute approximate surface area is 73.5 Å². The minimum Gasteiger partial charge on any atom is -0.453 e. The number of aliphatic hydroxyl groups excluding tert-OH is 1. The van der Waals surface area contributed by atoms with Crippen molar-refractivity contribution in [3.05, 3.63) is 22.1 Å². The standard InChI is InChI=1S/C7H10BrNO2/c1-9-3-6-2-5(4-10)7(8)11-6/h2,9-10H,3-4H2,1H3. The highest BCUT2D eigenvalue weighted by atomic mass is 79.9. The summed E-state index contributed by atoms with van der Waals surface area (Å²) in [4.78, 5) is 0. The zero-order chi connectivity index (χ0) is 8.27. The van der Waals surface area contributed by atoms with E-state index < -0.39 is 0 Å². The highest BCUT2D eigenvalue weighted by molar-refractivity contribution is 9.10. The molecule has 0 aliphatic rings. The highest BCUT2D eigenvalue weighted by Crippen LogP contribution is 2.21. The number of aliphatic hydroxyl groups is 1. The van der Waals surface area contributed by atoms with E-state index in [9.17, 15) is 0 Å². The van der Waals surface area contributed by atoms with Crippen molar-refractivity contribution in [2.45, 2.75) is 13.2 Å². The van der Waals surface area contributed by atoms with E-state index in [-0.39, 0.29) is 6.61 Å². The van der Waals surface area contributed by atoms with Gasteiger partial charge < -0.3 is 14.8 Å². The van der Waals surface area contributed by atoms with Crippen LogP contribution in [0.5, 0.6) is 0 Å². The third-order valence-corrected chi connectivity index (χ3v) is 2.00. The summed E-state index contributed by atoms with van der Waals surface area (Å²) in [6.07, 6.45) is 0. The molecule has 0 aliphatic carbocycles. The molecule has 1 aromatic rings. The number of nitrogens with one attached hydrogen (secondary N) is 1. The van der Waals surface area contributed by atoms with Crippen LogP contribution in [-0.4, -0.2) is 12.2 Å². The summed E-state index contributed by atoms with van der Waals surface area (Å²) in [5, 5.41) is 11.7. The van der Waals surface area contributed by atoms with Crippen LogP contribution in [0.4, 0.5) is 0 Å². The lowest BCUT2D eigenvalue weighted by atomic mass is 10.3. The second-order valence-electron chi connectivity index (χ2n) is 2.20. The summed E-state index contributed by atoms with van der Waals surface area (Å²) >= 11 is 3.19. The number of hydrogen-bond acceptors (Lipinski definition) is 3. The predicted octanol–water partition coefficient (Wildman–Crippen LogP) is 1.25. The van der Waals surface area contributed by atoms with Gasteiger partial charge in [-0.2, -0.15) is 0 Å². The molecule has 0 saturated carbocycles. The van der Waals surface area contributed by atoms with Crippen LogP contribution >= 0.6 is 15.9 Å². The summed E-state index contributed by atoms with van der Waals surface area (Å²) in [6.45, 7) is 0.687. The van der Waals surface area contributed by atoms with Crippen LogP contribution in [0.15, 0.2) is 15.2 Å². The Kier molecular flexibility index (Phi) is 3.11. The van der Waals surface area contributed by atoms with Crippen molar-refractivity contribution >= 4 is 15.9 Å². The van der Waals surface area contributed by atoms with E-state index in [2.05, 4.69) is 21.2 Å². The number of hydrogen-bond donors (Lipinski definition) is 2. The van der Waals surface area contributed by atoms with Crippen LogP contribution in [0.2, 0.25) is 0 Å². The van der Waals surface area contributed by atoms with E-state index in [0.717, 1.165) is 11.3 Å². The number of rotatable bonds is 3. The van der Waals surface area contributed by atoms with Crippen molar-refractivity contribution in [3.63, 3.8) is 0 Å². The van der Waals surface area contributed by atoms with Gasteiger partial charge in [-0.15, -0.1) is 0 Å². The summed E-state index contributed by atoms with van der Waals surface area (Å²) < 4.78 is 5.86. The molecule has 0 saturated heterocycles. The van der Waals surface area contributed by atoms with Gasteiger partial charge in [0.15, 0.2) is 4.67 Å². The second-order valence-corrected chi connectivity index (χ2v) is 2.92. The zero-order valence-electron chi connectivity index (χ0n) is 6.22. The molecule has 0 amide bonds. The minimum atomic E-state index is 0.00774. The van der Waals surface area contributed by atoms with Gasteiger partial charge in [0.05, 0.1) is 13.2 Å². The summed E-state index contributed by atoms with van der Waals surface area (Å²) in [5.41, 5.74) is 0.787. The Balaban J connectivity index is 2.77. The fourth-order valence-corrected chi connectivity index (χ4v) is 1.28. The maximum Gasteiger partial charge on any atom is 0.174 e. The molecule has 0 radical (unpaired) electrons. The summed E-state index contributed by atoms with van der Waals surface area (Å²) in [5.74, 6) is 0.823. The van der Waals surface area contributed by atoms with Crippen molar-refractivity contribution in [1.82, 2.24) is 5.32 Å². The van der Waals surface area contributed by atoms with E-state index in [1.807, 2.05) is 13.1 Å². The van der Waals surface area contributed by atoms with E-state index in [0.29, 0.717) is 11.2 Å². The Morgan fingerprint density at radius 1 is 1.73 bits per heavy atom. The van der Waals surface area contributed by atoms with Crippen LogP contribution in [0.3, 0.4) is 0 Å². The van der Waals surface area contributed by atoms with Crippen molar-refractivity contribution < 1.29 is 9.52 Å². The molecule has 0 atom stereocenters. The van der Waals surface area contributed by atoms with Crippen molar-refractivity contribution in [1.29, 1.82) is 0 Å². The highest BCUT2D eigenvalue weighted by Gasteiger charge is 2.05. The van der Waals surface area contributed by atoms with Crippen LogP contribution in [0.1, 0.15) is 11.3 Å². The van der Waals surface area contributed by atoms with Gasteiger partial charge in [-0.1, -0.05) is 0 Å². The van der Waals surface area contributed by atoms with Gasteiger partial charge in [-0.3, -0.25) is 0 Å². The van der Waals surface area contributed by atoms with Gasteiger partial charge in [-0.05, 0) is 29.0 Å². The molecule has 0 fully saturated rings. The molecule has 11 heavy (non-hydrogen) atoms. The first-order valence-electron chi connectivity index (χ1n) is 3.30. The van der Waals surface area contributed by atoms with Crippen molar-refractivity contribution in [3.8, 4) is 0 Å². The third-order valence-electron chi connectivity index (χ3n) is 1.33. The lowest BCUT2D eigenvalue weighted by molar-refractivity contribution is 0.279. The number of furan rings is 1. The van der Waals surface area contributed by atoms with Gasteiger partial charge in [0, 0.05) is 5.56 Å². The monoisotopic (exact) mass is 219 g/mol. The molecule has 0 bridgehead atoms. The maximum atomic E-state index is 8.79. The second kappa shape index (κ2) is 3.90. The molecule has 0 aromatic carbocycles. The largest absolute Gasteiger partial charge is 0.453 e. The van der Waals surface area contributed by atoms with Crippen molar-refractivity contribution in [2.75, 3.05) is 7.05 Å². The topological polar surface area (TPSA) is 45.4 Å². The van der Waals surface area contributed by atoms with Crippen LogP contribution in [0, 0.1) is 0 Å². The van der Waals surface area contributed by atoms with Crippen LogP contribution in [0.25, 0.3) is 0 Å². The first-order chi connectivity index (χ1) is 5.27. The van der Waals surface area contributed by atoms with E-state index in [1.54, 1.807) is 0 Å². The molecule has 4 heteroatoms. The van der Waals surface area contributed by atoms with Gasteiger partial charge in [0.2, 0.25) is 0 Å². The average Bonchev–Trinajstić information content (AvgIpc) is 2.32. The molecule has 1 heterocycles. The first kappa shape index (κ1) is 8.77. The fourth-order valence-electron chi connectivity index (χ4n) is 0.830. The average molecular weight is 220 g/mol. The molecule has 0 spiro atoms. The predicted molar refractivity (Wildman–Crippen MR) is 45.1 cm³/mol. The Morgan fingerprint density at radius 3 is 2.91 bits per heavy atom. The molecule has 3 nitrogen and oxygen atoms in total. The third kappa shape index (κ3) is 2.05. The SMILES string of the molecule is CNCc1cc(CO)c(Br)o1. The van der Waals surface area contributed by atoms with E-state index in [1.165, 1.54) is 0 Å². The smallest absolute Gasteiger partial charge is 0.174 e. The Bertz CT molecular complexity index is 234. The lowest BCUT2D eigenvalue weighted by Gasteiger charge is -1.89. The lowest BCUT2D eigenvalue weighted by Crippen LogP contribution is -2.03. The Morgan fingerprint density at radius 2 is 2.45 bits per heavy atom. The van der Waals surface area contributed by atoms with Gasteiger partial charge in [-0.25, -0.2) is 0 Å². The molecular formula is C7H10BrNO2. The fraction of sp³-hybridized carbons (Fsp3) is 0.429. The molecule has 0 unspecified atom stereocenters. The quantitative estimate of drug-likeness (QED) is 0.805. The molecule has 62 valence electrons. The first-order valence-corrected chi connectivity index (χ1v) is 4.09. The molecule has 2 N–H and O–H groups in total. The zero-order valence-corrected chi connectivity index (χ0v) is 7.81. The minimum absolute atomic E-state index is 0.00774. The Hall–Kier alpha value is -0.320. The van der Waals surface area contributed by atoms with Gasteiger partial charge in [0.1, 0.15) is 5.76 Å². The molecule has 0 aliphatic heterocycles. The summed E-state index contributed by atoms with van der Waals surface area (Å²) in [7, 11) is 1.84. The molecule has 1 rings (SSSR count). The van der Waals surface area contributed by atoms with Gasteiger partial charge >= 0.3 is 0 Å². The van der Waals surface area contributed by atoms with E-state index in [4.69, 9.17) is 9.52 Å². The molecular weight excluding hydrogens is 210 g/mol. The summed E-state index contributed by atoms with van der Waals surface area (Å²) in [6, 6.07) is 1.82. The maximum absolute atomic E-state index is 8.79. The molecule has 1 aromatic heterocycles. The van der Waals surface area contributed by atoms with Crippen LogP contribution < -0.4 is 5.32 Å². The van der Waals surface area contributed by atoms with E-state index >= 15 is 0 Å². The number of halogens is 1. The van der Waals surface area contributed by atoms with Crippen molar-refractivity contribution in [2.24, 2.45) is 0 Å². The van der Waals surface area contributed by atoms with Gasteiger partial charge in [0.25, 0.3) is 0 Å². The van der Waals surface area contributed by atoms with Crippen LogP contribution in [-0.2, 0) is 13.2 Å².